The van der Waals surface area contributed by atoms with Crippen molar-refractivity contribution in [1.29, 1.82) is 0 Å². The number of fused-ring (bicyclic) bond motifs is 1. The quantitative estimate of drug-likeness (QED) is 0.828. The van der Waals surface area contributed by atoms with Crippen molar-refractivity contribution in [2.45, 2.75) is 12.3 Å². The van der Waals surface area contributed by atoms with E-state index in [1.54, 1.807) is 0 Å². The van der Waals surface area contributed by atoms with Gasteiger partial charge in [0.2, 0.25) is 0 Å². The Morgan fingerprint density at radius 3 is 2.31 bits per heavy atom. The van der Waals surface area contributed by atoms with E-state index in [-0.39, 0.29) is 6.42 Å². The van der Waals surface area contributed by atoms with Gasteiger partial charge in [-0.2, -0.15) is 0 Å². The van der Waals surface area contributed by atoms with Crippen molar-refractivity contribution in [3.05, 3.63) is 47.5 Å². The molecule has 0 spiro atoms. The van der Waals surface area contributed by atoms with Gasteiger partial charge in [0.1, 0.15) is 0 Å². The van der Waals surface area contributed by atoms with Gasteiger partial charge in [-0.1, -0.05) is 30.3 Å². The number of rotatable bonds is 3. The molecule has 0 saturated carbocycles. The molecule has 0 saturated heterocycles. The zero-order valence-electron chi connectivity index (χ0n) is 8.61. The van der Waals surface area contributed by atoms with E-state index in [1.807, 2.05) is 36.4 Å². The fourth-order valence-electron chi connectivity index (χ4n) is 1.71. The number of hydrogen-bond acceptors (Lipinski definition) is 1. The van der Waals surface area contributed by atoms with E-state index in [2.05, 4.69) is 0 Å². The third-order valence-corrected chi connectivity index (χ3v) is 2.79. The normalized spacial score (nSPS) is 10.6. The second kappa shape index (κ2) is 4.54. The van der Waals surface area contributed by atoms with Crippen LogP contribution in [0.2, 0.25) is 0 Å². The van der Waals surface area contributed by atoms with Crippen molar-refractivity contribution in [3.8, 4) is 0 Å². The lowest BCUT2D eigenvalue weighted by molar-refractivity contribution is -0.136. The van der Waals surface area contributed by atoms with E-state index < -0.39 is 5.97 Å². The predicted molar refractivity (Wildman–Crippen MR) is 64.8 cm³/mol. The van der Waals surface area contributed by atoms with Crippen LogP contribution in [0.1, 0.15) is 11.1 Å². The van der Waals surface area contributed by atoms with E-state index in [0.29, 0.717) is 5.88 Å². The van der Waals surface area contributed by atoms with Gasteiger partial charge in [0.25, 0.3) is 0 Å². The van der Waals surface area contributed by atoms with Gasteiger partial charge in [-0.25, -0.2) is 0 Å². The molecule has 0 aromatic heterocycles. The molecule has 3 heteroatoms. The van der Waals surface area contributed by atoms with E-state index in [9.17, 15) is 4.79 Å². The Morgan fingerprint density at radius 1 is 1.06 bits per heavy atom. The van der Waals surface area contributed by atoms with Crippen LogP contribution in [-0.4, -0.2) is 11.1 Å². The van der Waals surface area contributed by atoms with Crippen LogP contribution in [0.4, 0.5) is 0 Å². The Labute approximate surface area is 98.5 Å². The van der Waals surface area contributed by atoms with Crippen LogP contribution in [0, 0.1) is 0 Å². The van der Waals surface area contributed by atoms with Gasteiger partial charge in [-0.15, -0.1) is 11.6 Å². The molecule has 0 amide bonds. The molecule has 0 fully saturated rings. The van der Waals surface area contributed by atoms with Crippen LogP contribution in [0.25, 0.3) is 10.8 Å². The summed E-state index contributed by atoms with van der Waals surface area (Å²) >= 11 is 5.76. The lowest BCUT2D eigenvalue weighted by Gasteiger charge is -2.03. The Bertz CT molecular complexity index is 534. The van der Waals surface area contributed by atoms with Gasteiger partial charge >= 0.3 is 5.97 Å². The maximum Gasteiger partial charge on any atom is 0.307 e. The molecule has 1 N–H and O–H groups in total. The largest absolute Gasteiger partial charge is 0.481 e. The molecular formula is C13H11ClO2. The molecule has 0 aliphatic rings. The average Bonchev–Trinajstić information content (AvgIpc) is 2.27. The maximum atomic E-state index is 10.6. The minimum Gasteiger partial charge on any atom is -0.481 e. The first-order valence-corrected chi connectivity index (χ1v) is 5.52. The van der Waals surface area contributed by atoms with Crippen LogP contribution in [0.15, 0.2) is 36.4 Å². The van der Waals surface area contributed by atoms with Crippen LogP contribution < -0.4 is 0 Å². The van der Waals surface area contributed by atoms with Gasteiger partial charge in [0, 0.05) is 5.88 Å². The van der Waals surface area contributed by atoms with Gasteiger partial charge in [-0.05, 0) is 28.0 Å². The number of alkyl halides is 1. The first kappa shape index (κ1) is 11.0. The third kappa shape index (κ3) is 2.34. The number of benzene rings is 2. The van der Waals surface area contributed by atoms with Gasteiger partial charge < -0.3 is 5.11 Å². The second-order valence-corrected chi connectivity index (χ2v) is 3.99. The molecule has 0 aliphatic heterocycles. The lowest BCUT2D eigenvalue weighted by atomic mass is 10.0. The summed E-state index contributed by atoms with van der Waals surface area (Å²) in [6.07, 6.45) is 0.0566. The van der Waals surface area contributed by atoms with Crippen molar-refractivity contribution < 1.29 is 9.90 Å². The molecule has 16 heavy (non-hydrogen) atoms. The fraction of sp³-hybridized carbons (Fsp3) is 0.154. The maximum absolute atomic E-state index is 10.6. The molecule has 0 radical (unpaired) electrons. The molecule has 0 unspecified atom stereocenters. The van der Waals surface area contributed by atoms with Crippen molar-refractivity contribution in [3.63, 3.8) is 0 Å². The first-order valence-electron chi connectivity index (χ1n) is 4.98. The van der Waals surface area contributed by atoms with E-state index >= 15 is 0 Å². The van der Waals surface area contributed by atoms with Gasteiger partial charge in [0.15, 0.2) is 0 Å². The Morgan fingerprint density at radius 2 is 1.69 bits per heavy atom. The highest BCUT2D eigenvalue weighted by atomic mass is 35.5. The molecular weight excluding hydrogens is 224 g/mol. The molecule has 0 bridgehead atoms. The van der Waals surface area contributed by atoms with E-state index in [4.69, 9.17) is 16.7 Å². The fourth-order valence-corrected chi connectivity index (χ4v) is 1.88. The summed E-state index contributed by atoms with van der Waals surface area (Å²) in [5.41, 5.74) is 1.85. The molecule has 2 aromatic carbocycles. The SMILES string of the molecule is O=C(O)Cc1ccc2ccc(CCl)cc2c1. The summed E-state index contributed by atoms with van der Waals surface area (Å²) in [5.74, 6) is -0.341. The average molecular weight is 235 g/mol. The molecule has 2 rings (SSSR count). The summed E-state index contributed by atoms with van der Waals surface area (Å²) in [5, 5.41) is 10.9. The topological polar surface area (TPSA) is 37.3 Å². The van der Waals surface area contributed by atoms with Gasteiger partial charge in [0.05, 0.1) is 6.42 Å². The number of halogens is 1. The summed E-state index contributed by atoms with van der Waals surface area (Å²) < 4.78 is 0. The first-order chi connectivity index (χ1) is 7.69. The smallest absolute Gasteiger partial charge is 0.307 e. The van der Waals surface area contributed by atoms with E-state index in [1.165, 1.54) is 0 Å². The zero-order valence-corrected chi connectivity index (χ0v) is 9.37. The van der Waals surface area contributed by atoms with E-state index in [0.717, 1.165) is 21.9 Å². The highest BCUT2D eigenvalue weighted by Crippen LogP contribution is 2.19. The van der Waals surface area contributed by atoms with Crippen LogP contribution in [0.5, 0.6) is 0 Å². The minimum absolute atomic E-state index is 0.0566. The summed E-state index contributed by atoms with van der Waals surface area (Å²) in [6, 6.07) is 11.7. The number of aliphatic carboxylic acids is 1. The lowest BCUT2D eigenvalue weighted by Crippen LogP contribution is -1.99. The van der Waals surface area contributed by atoms with Crippen LogP contribution in [-0.2, 0) is 17.1 Å². The van der Waals surface area contributed by atoms with Crippen LogP contribution >= 0.6 is 11.6 Å². The summed E-state index contributed by atoms with van der Waals surface area (Å²) in [6.45, 7) is 0. The van der Waals surface area contributed by atoms with Crippen LogP contribution in [0.3, 0.4) is 0 Å². The number of hydrogen-bond donors (Lipinski definition) is 1. The van der Waals surface area contributed by atoms with Gasteiger partial charge in [-0.3, -0.25) is 4.79 Å². The highest BCUT2D eigenvalue weighted by Gasteiger charge is 2.02. The highest BCUT2D eigenvalue weighted by molar-refractivity contribution is 6.17. The zero-order chi connectivity index (χ0) is 11.5. The molecule has 2 aromatic rings. The third-order valence-electron chi connectivity index (χ3n) is 2.48. The minimum atomic E-state index is -0.812. The van der Waals surface area contributed by atoms with Crippen molar-refractivity contribution in [2.24, 2.45) is 0 Å². The van der Waals surface area contributed by atoms with Crippen molar-refractivity contribution in [1.82, 2.24) is 0 Å². The second-order valence-electron chi connectivity index (χ2n) is 3.72. The number of carboxylic acids is 1. The Kier molecular flexibility index (Phi) is 3.11. The predicted octanol–water partition coefficient (Wildman–Crippen LogP) is 3.21. The number of carbonyl (C=O) groups is 1. The van der Waals surface area contributed by atoms with Crippen molar-refractivity contribution >= 4 is 28.3 Å². The molecule has 0 heterocycles. The molecule has 2 nitrogen and oxygen atoms in total. The monoisotopic (exact) mass is 234 g/mol. The summed E-state index contributed by atoms with van der Waals surface area (Å²) in [4.78, 5) is 10.6. The Balaban J connectivity index is 2.46. The molecule has 0 aliphatic carbocycles. The summed E-state index contributed by atoms with van der Waals surface area (Å²) in [7, 11) is 0. The Hall–Kier alpha value is -1.54. The standard InChI is InChI=1S/C13H11ClO2/c14-8-10-2-4-11-3-1-9(7-13(15)16)5-12(11)6-10/h1-6H,7-8H2,(H,15,16). The van der Waals surface area contributed by atoms with Crippen molar-refractivity contribution in [2.75, 3.05) is 0 Å². The number of carboxylic acid groups (broad SMARTS) is 1. The molecule has 82 valence electrons. The molecule has 0 atom stereocenters.